The standard InChI is InChI=1S/C9H12ClN5O2/c10-9-6(11)3-5(4-13-9)8(17)7(16)1-2-14-15-12/h3-4,7-8,16-17H,1-2,11H2. The second-order valence-corrected chi connectivity index (χ2v) is 3.76. The van der Waals surface area contributed by atoms with Crippen molar-refractivity contribution in [3.8, 4) is 0 Å². The number of pyridine rings is 1. The van der Waals surface area contributed by atoms with Gasteiger partial charge in [-0.05, 0) is 18.0 Å². The highest BCUT2D eigenvalue weighted by Crippen LogP contribution is 2.23. The molecule has 0 amide bonds. The zero-order valence-electron chi connectivity index (χ0n) is 8.86. The van der Waals surface area contributed by atoms with Crippen molar-refractivity contribution in [2.75, 3.05) is 12.3 Å². The molecule has 1 aromatic rings. The highest BCUT2D eigenvalue weighted by atomic mass is 35.5. The molecule has 1 rings (SSSR count). The average Bonchev–Trinajstić information content (AvgIpc) is 2.32. The summed E-state index contributed by atoms with van der Waals surface area (Å²) in [5.74, 6) is 0. The summed E-state index contributed by atoms with van der Waals surface area (Å²) in [4.78, 5) is 6.31. The summed E-state index contributed by atoms with van der Waals surface area (Å²) in [6, 6.07) is 1.44. The van der Waals surface area contributed by atoms with Crippen molar-refractivity contribution in [3.05, 3.63) is 33.4 Å². The molecule has 0 radical (unpaired) electrons. The minimum absolute atomic E-state index is 0.102. The summed E-state index contributed by atoms with van der Waals surface area (Å²) in [6.07, 6.45) is -0.715. The molecular formula is C9H12ClN5O2. The molecule has 0 aliphatic carbocycles. The minimum Gasteiger partial charge on any atom is -0.396 e. The van der Waals surface area contributed by atoms with E-state index in [4.69, 9.17) is 22.9 Å². The van der Waals surface area contributed by atoms with Gasteiger partial charge in [-0.1, -0.05) is 16.7 Å². The first-order valence-electron chi connectivity index (χ1n) is 4.84. The number of hydrogen-bond acceptors (Lipinski definition) is 5. The van der Waals surface area contributed by atoms with Crippen molar-refractivity contribution in [2.45, 2.75) is 18.6 Å². The van der Waals surface area contributed by atoms with Gasteiger partial charge in [0.15, 0.2) is 5.15 Å². The Bertz CT molecular complexity index is 435. The summed E-state index contributed by atoms with van der Waals surface area (Å²) in [7, 11) is 0. The van der Waals surface area contributed by atoms with Crippen molar-refractivity contribution in [2.24, 2.45) is 5.11 Å². The number of nitrogens with two attached hydrogens (primary N) is 1. The first-order chi connectivity index (χ1) is 8.06. The van der Waals surface area contributed by atoms with Gasteiger partial charge in [0, 0.05) is 23.2 Å². The molecule has 0 aliphatic heterocycles. The summed E-state index contributed by atoms with van der Waals surface area (Å²) in [5.41, 5.74) is 14.2. The van der Waals surface area contributed by atoms with Crippen molar-refractivity contribution in [1.29, 1.82) is 0 Å². The SMILES string of the molecule is [N-]=[N+]=NCCC(O)C(O)c1cnc(Cl)c(N)c1. The number of hydrogen-bond donors (Lipinski definition) is 3. The predicted molar refractivity (Wildman–Crippen MR) is 63.3 cm³/mol. The topological polar surface area (TPSA) is 128 Å². The van der Waals surface area contributed by atoms with E-state index in [9.17, 15) is 10.2 Å². The Labute approximate surface area is 102 Å². The van der Waals surface area contributed by atoms with E-state index in [1.165, 1.54) is 12.3 Å². The molecule has 0 fully saturated rings. The smallest absolute Gasteiger partial charge is 0.151 e. The van der Waals surface area contributed by atoms with Crippen LogP contribution in [0.4, 0.5) is 5.69 Å². The molecule has 2 atom stereocenters. The second kappa shape index (κ2) is 6.27. The molecule has 0 aromatic carbocycles. The summed E-state index contributed by atoms with van der Waals surface area (Å²) >= 11 is 5.63. The van der Waals surface area contributed by atoms with Crippen LogP contribution in [0.15, 0.2) is 17.4 Å². The maximum atomic E-state index is 9.78. The number of nitrogen functional groups attached to an aromatic ring is 1. The van der Waals surface area contributed by atoms with Crippen LogP contribution in [-0.2, 0) is 0 Å². The zero-order chi connectivity index (χ0) is 12.8. The lowest BCUT2D eigenvalue weighted by molar-refractivity contribution is 0.0149. The van der Waals surface area contributed by atoms with Crippen LogP contribution in [0.25, 0.3) is 10.4 Å². The quantitative estimate of drug-likeness (QED) is 0.319. The molecule has 0 aliphatic rings. The Kier molecular flexibility index (Phi) is 4.99. The van der Waals surface area contributed by atoms with Crippen molar-refractivity contribution in [1.82, 2.24) is 4.98 Å². The number of halogens is 1. The average molecular weight is 258 g/mol. The molecule has 1 aromatic heterocycles. The highest BCUT2D eigenvalue weighted by molar-refractivity contribution is 6.31. The lowest BCUT2D eigenvalue weighted by Gasteiger charge is -2.17. The van der Waals surface area contributed by atoms with E-state index in [0.29, 0.717) is 5.56 Å². The van der Waals surface area contributed by atoms with Gasteiger partial charge in [0.1, 0.15) is 6.10 Å². The van der Waals surface area contributed by atoms with Gasteiger partial charge in [-0.2, -0.15) is 0 Å². The van der Waals surface area contributed by atoms with Crippen LogP contribution in [0.1, 0.15) is 18.1 Å². The van der Waals surface area contributed by atoms with Crippen molar-refractivity contribution < 1.29 is 10.2 Å². The van der Waals surface area contributed by atoms with Gasteiger partial charge in [-0.3, -0.25) is 0 Å². The van der Waals surface area contributed by atoms with E-state index >= 15 is 0 Å². The molecule has 92 valence electrons. The third kappa shape index (κ3) is 3.76. The van der Waals surface area contributed by atoms with Gasteiger partial charge < -0.3 is 15.9 Å². The molecule has 0 saturated heterocycles. The van der Waals surface area contributed by atoms with E-state index in [-0.39, 0.29) is 23.8 Å². The maximum Gasteiger partial charge on any atom is 0.151 e. The zero-order valence-corrected chi connectivity index (χ0v) is 9.62. The van der Waals surface area contributed by atoms with Crippen LogP contribution in [0, 0.1) is 0 Å². The van der Waals surface area contributed by atoms with Crippen LogP contribution in [0.5, 0.6) is 0 Å². The van der Waals surface area contributed by atoms with Crippen LogP contribution in [-0.4, -0.2) is 27.8 Å². The van der Waals surface area contributed by atoms with Crippen LogP contribution >= 0.6 is 11.6 Å². The molecule has 0 bridgehead atoms. The number of nitrogens with zero attached hydrogens (tertiary/aromatic N) is 4. The van der Waals surface area contributed by atoms with Crippen molar-refractivity contribution >= 4 is 17.3 Å². The van der Waals surface area contributed by atoms with E-state index in [1.54, 1.807) is 0 Å². The number of anilines is 1. The molecule has 0 spiro atoms. The van der Waals surface area contributed by atoms with Gasteiger partial charge in [-0.25, -0.2) is 4.98 Å². The van der Waals surface area contributed by atoms with Gasteiger partial charge in [0.05, 0.1) is 11.8 Å². The van der Waals surface area contributed by atoms with Crippen LogP contribution in [0.2, 0.25) is 5.15 Å². The fourth-order valence-electron chi connectivity index (χ4n) is 1.26. The lowest BCUT2D eigenvalue weighted by Crippen LogP contribution is -2.19. The van der Waals surface area contributed by atoms with Crippen LogP contribution in [0.3, 0.4) is 0 Å². The third-order valence-electron chi connectivity index (χ3n) is 2.18. The van der Waals surface area contributed by atoms with Gasteiger partial charge in [0.25, 0.3) is 0 Å². The van der Waals surface area contributed by atoms with Gasteiger partial charge in [0.2, 0.25) is 0 Å². The van der Waals surface area contributed by atoms with E-state index in [2.05, 4.69) is 15.0 Å². The third-order valence-corrected chi connectivity index (χ3v) is 2.50. The fraction of sp³-hybridized carbons (Fsp3) is 0.444. The molecule has 8 heteroatoms. The summed E-state index contributed by atoms with van der Waals surface area (Å²) < 4.78 is 0. The number of rotatable bonds is 5. The Morgan fingerprint density at radius 2 is 2.29 bits per heavy atom. The van der Waals surface area contributed by atoms with E-state index in [1.807, 2.05) is 0 Å². The normalized spacial score (nSPS) is 13.8. The lowest BCUT2D eigenvalue weighted by atomic mass is 10.0. The van der Waals surface area contributed by atoms with Gasteiger partial charge in [-0.15, -0.1) is 0 Å². The Morgan fingerprint density at radius 3 is 2.88 bits per heavy atom. The molecule has 4 N–H and O–H groups in total. The van der Waals surface area contributed by atoms with E-state index < -0.39 is 12.2 Å². The Morgan fingerprint density at radius 1 is 1.59 bits per heavy atom. The van der Waals surface area contributed by atoms with Crippen molar-refractivity contribution in [3.63, 3.8) is 0 Å². The Hall–Kier alpha value is -1.53. The second-order valence-electron chi connectivity index (χ2n) is 3.40. The number of aliphatic hydroxyl groups excluding tert-OH is 2. The molecular weight excluding hydrogens is 246 g/mol. The first-order valence-corrected chi connectivity index (χ1v) is 5.22. The number of azide groups is 1. The molecule has 1 heterocycles. The summed E-state index contributed by atoms with van der Waals surface area (Å²) in [6.45, 7) is 0.102. The maximum absolute atomic E-state index is 9.78. The first kappa shape index (κ1) is 13.5. The Balaban J connectivity index is 2.70. The van der Waals surface area contributed by atoms with E-state index in [0.717, 1.165) is 0 Å². The predicted octanol–water partition coefficient (Wildman–Crippen LogP) is 1.41. The number of aromatic nitrogens is 1. The molecule has 7 nitrogen and oxygen atoms in total. The fourth-order valence-corrected chi connectivity index (χ4v) is 1.36. The number of aliphatic hydroxyl groups is 2. The monoisotopic (exact) mass is 257 g/mol. The molecule has 0 saturated carbocycles. The van der Waals surface area contributed by atoms with Gasteiger partial charge >= 0.3 is 0 Å². The highest BCUT2D eigenvalue weighted by Gasteiger charge is 2.18. The summed E-state index contributed by atoms with van der Waals surface area (Å²) in [5, 5.41) is 22.8. The molecule has 17 heavy (non-hydrogen) atoms. The minimum atomic E-state index is -1.14. The molecule has 2 unspecified atom stereocenters. The largest absolute Gasteiger partial charge is 0.396 e. The van der Waals surface area contributed by atoms with Crippen LogP contribution < -0.4 is 5.73 Å².